The number of rotatable bonds is 4. The van der Waals surface area contributed by atoms with Crippen molar-refractivity contribution in [3.05, 3.63) is 41.7 Å². The van der Waals surface area contributed by atoms with Gasteiger partial charge in [0, 0.05) is 13.1 Å². The van der Waals surface area contributed by atoms with Crippen LogP contribution in [0, 0.1) is 5.41 Å². The van der Waals surface area contributed by atoms with Crippen molar-refractivity contribution in [2.75, 3.05) is 19.6 Å². The first kappa shape index (κ1) is 15.7. The van der Waals surface area contributed by atoms with Crippen molar-refractivity contribution in [3.63, 3.8) is 0 Å². The van der Waals surface area contributed by atoms with Gasteiger partial charge < -0.3 is 10.6 Å². The molecule has 1 aliphatic heterocycles. The fraction of sp³-hybridized carbons (Fsp3) is 0.471. The number of likely N-dealkylation sites (tertiary alicyclic amines) is 1. The molecule has 0 bridgehead atoms. The second kappa shape index (κ2) is 6.12. The van der Waals surface area contributed by atoms with E-state index in [4.69, 9.17) is 5.73 Å². The molecule has 1 fully saturated rings. The van der Waals surface area contributed by atoms with E-state index in [1.807, 2.05) is 17.0 Å². The summed E-state index contributed by atoms with van der Waals surface area (Å²) in [5.41, 5.74) is 8.37. The Morgan fingerprint density at radius 1 is 1.35 bits per heavy atom. The van der Waals surface area contributed by atoms with Gasteiger partial charge in [0.15, 0.2) is 5.69 Å². The Morgan fingerprint density at radius 2 is 2.09 bits per heavy atom. The van der Waals surface area contributed by atoms with Gasteiger partial charge in [0.05, 0.1) is 11.9 Å². The minimum atomic E-state index is -0.0707. The highest BCUT2D eigenvalue weighted by molar-refractivity contribution is 5.92. The van der Waals surface area contributed by atoms with Crippen molar-refractivity contribution in [3.8, 4) is 5.69 Å². The van der Waals surface area contributed by atoms with E-state index in [1.54, 1.807) is 10.9 Å². The lowest BCUT2D eigenvalue weighted by Gasteiger charge is -2.21. The van der Waals surface area contributed by atoms with E-state index in [-0.39, 0.29) is 11.3 Å². The zero-order valence-electron chi connectivity index (χ0n) is 13.7. The summed E-state index contributed by atoms with van der Waals surface area (Å²) in [7, 11) is 0. The van der Waals surface area contributed by atoms with Gasteiger partial charge in [-0.05, 0) is 42.5 Å². The molecule has 2 aromatic rings. The Morgan fingerprint density at radius 3 is 2.70 bits per heavy atom. The van der Waals surface area contributed by atoms with Crippen molar-refractivity contribution < 1.29 is 4.79 Å². The summed E-state index contributed by atoms with van der Waals surface area (Å²) < 4.78 is 1.64. The number of aromatic nitrogens is 3. The maximum Gasteiger partial charge on any atom is 0.276 e. The molecule has 0 spiro atoms. The van der Waals surface area contributed by atoms with E-state index in [1.165, 1.54) is 5.56 Å². The largest absolute Gasteiger partial charge is 0.337 e. The van der Waals surface area contributed by atoms with E-state index in [0.29, 0.717) is 18.8 Å². The van der Waals surface area contributed by atoms with E-state index < -0.39 is 0 Å². The molecule has 0 radical (unpaired) electrons. The lowest BCUT2D eigenvalue weighted by Crippen LogP contribution is -2.34. The number of carbonyl (C=O) groups excluding carboxylic acids is 1. The Kier molecular flexibility index (Phi) is 4.17. The van der Waals surface area contributed by atoms with Crippen LogP contribution in [0.2, 0.25) is 0 Å². The minimum Gasteiger partial charge on any atom is -0.337 e. The fourth-order valence-corrected chi connectivity index (χ4v) is 2.90. The highest BCUT2D eigenvalue weighted by Crippen LogP contribution is 2.29. The quantitative estimate of drug-likeness (QED) is 0.931. The summed E-state index contributed by atoms with van der Waals surface area (Å²) in [5.74, 6) is -0.0707. The summed E-state index contributed by atoms with van der Waals surface area (Å²) in [6.07, 6.45) is 3.62. The highest BCUT2D eigenvalue weighted by atomic mass is 16.2. The number of benzene rings is 1. The van der Waals surface area contributed by atoms with Gasteiger partial charge in [-0.1, -0.05) is 31.2 Å². The molecule has 6 nitrogen and oxygen atoms in total. The SMILES string of the molecule is CCc1ccc(-n2cc(C(=O)N3CCC(C)(CN)C3)nn2)cc1. The molecule has 23 heavy (non-hydrogen) atoms. The maximum atomic E-state index is 12.6. The molecule has 1 aromatic heterocycles. The van der Waals surface area contributed by atoms with Crippen LogP contribution in [0.1, 0.15) is 36.3 Å². The van der Waals surface area contributed by atoms with Crippen LogP contribution < -0.4 is 5.73 Å². The summed E-state index contributed by atoms with van der Waals surface area (Å²) in [6.45, 7) is 6.23. The molecule has 6 heteroatoms. The molecule has 2 heterocycles. The van der Waals surface area contributed by atoms with E-state index in [0.717, 1.165) is 25.1 Å². The second-order valence-electron chi connectivity index (χ2n) is 6.56. The zero-order chi connectivity index (χ0) is 16.4. The summed E-state index contributed by atoms with van der Waals surface area (Å²) in [4.78, 5) is 14.4. The van der Waals surface area contributed by atoms with Gasteiger partial charge in [0.2, 0.25) is 0 Å². The molecule has 2 N–H and O–H groups in total. The first-order valence-electron chi connectivity index (χ1n) is 8.06. The molecule has 1 aromatic carbocycles. The van der Waals surface area contributed by atoms with E-state index >= 15 is 0 Å². The third-order valence-corrected chi connectivity index (χ3v) is 4.66. The Labute approximate surface area is 136 Å². The van der Waals surface area contributed by atoms with Crippen molar-refractivity contribution in [1.82, 2.24) is 19.9 Å². The Hall–Kier alpha value is -2.21. The first-order chi connectivity index (χ1) is 11.0. The first-order valence-corrected chi connectivity index (χ1v) is 8.06. The Bertz CT molecular complexity index is 693. The standard InChI is InChI=1S/C17H23N5O/c1-3-13-4-6-14(7-5-13)22-10-15(19-20-22)16(23)21-9-8-17(2,11-18)12-21/h4-7,10H,3,8-9,11-12,18H2,1-2H3. The van der Waals surface area contributed by atoms with Gasteiger partial charge in [-0.3, -0.25) is 4.79 Å². The predicted molar refractivity (Wildman–Crippen MR) is 88.4 cm³/mol. The molecule has 122 valence electrons. The summed E-state index contributed by atoms with van der Waals surface area (Å²) in [6, 6.07) is 8.10. The molecular formula is C17H23N5O. The van der Waals surface area contributed by atoms with Gasteiger partial charge >= 0.3 is 0 Å². The van der Waals surface area contributed by atoms with Crippen molar-refractivity contribution in [1.29, 1.82) is 0 Å². The average molecular weight is 313 g/mol. The van der Waals surface area contributed by atoms with Crippen LogP contribution >= 0.6 is 0 Å². The molecule has 1 aliphatic rings. The van der Waals surface area contributed by atoms with Crippen LogP contribution in [-0.2, 0) is 6.42 Å². The monoisotopic (exact) mass is 313 g/mol. The lowest BCUT2D eigenvalue weighted by molar-refractivity contribution is 0.0771. The number of nitrogens with zero attached hydrogens (tertiary/aromatic N) is 4. The third-order valence-electron chi connectivity index (χ3n) is 4.66. The van der Waals surface area contributed by atoms with E-state index in [2.05, 4.69) is 36.3 Å². The number of aryl methyl sites for hydroxylation is 1. The fourth-order valence-electron chi connectivity index (χ4n) is 2.90. The average Bonchev–Trinajstić information content (AvgIpc) is 3.22. The normalized spacial score (nSPS) is 20.9. The number of hydrogen-bond donors (Lipinski definition) is 1. The van der Waals surface area contributed by atoms with Gasteiger partial charge in [-0.15, -0.1) is 5.10 Å². The van der Waals surface area contributed by atoms with Crippen molar-refractivity contribution in [2.45, 2.75) is 26.7 Å². The van der Waals surface area contributed by atoms with E-state index in [9.17, 15) is 4.79 Å². The van der Waals surface area contributed by atoms with Gasteiger partial charge in [0.1, 0.15) is 0 Å². The van der Waals surface area contributed by atoms with Crippen LogP contribution in [0.25, 0.3) is 5.69 Å². The lowest BCUT2D eigenvalue weighted by atomic mass is 9.90. The minimum absolute atomic E-state index is 0.0155. The molecule has 1 amide bonds. The molecule has 1 saturated heterocycles. The number of nitrogens with two attached hydrogens (primary N) is 1. The predicted octanol–water partition coefficient (Wildman–Crippen LogP) is 1.64. The number of hydrogen-bond acceptors (Lipinski definition) is 4. The van der Waals surface area contributed by atoms with Gasteiger partial charge in [-0.25, -0.2) is 4.68 Å². The van der Waals surface area contributed by atoms with Crippen LogP contribution in [0.5, 0.6) is 0 Å². The van der Waals surface area contributed by atoms with Crippen LogP contribution in [0.15, 0.2) is 30.5 Å². The van der Waals surface area contributed by atoms with Gasteiger partial charge in [-0.2, -0.15) is 0 Å². The smallest absolute Gasteiger partial charge is 0.276 e. The van der Waals surface area contributed by atoms with Crippen LogP contribution in [0.3, 0.4) is 0 Å². The summed E-state index contributed by atoms with van der Waals surface area (Å²) in [5, 5.41) is 8.13. The van der Waals surface area contributed by atoms with Crippen molar-refractivity contribution >= 4 is 5.91 Å². The van der Waals surface area contributed by atoms with Crippen LogP contribution in [-0.4, -0.2) is 45.4 Å². The zero-order valence-corrected chi connectivity index (χ0v) is 13.7. The highest BCUT2D eigenvalue weighted by Gasteiger charge is 2.35. The molecule has 3 rings (SSSR count). The van der Waals surface area contributed by atoms with Crippen molar-refractivity contribution in [2.24, 2.45) is 11.1 Å². The number of amides is 1. The Balaban J connectivity index is 1.75. The maximum absolute atomic E-state index is 12.6. The molecular weight excluding hydrogens is 290 g/mol. The molecule has 0 saturated carbocycles. The molecule has 0 aliphatic carbocycles. The topological polar surface area (TPSA) is 77.0 Å². The second-order valence-corrected chi connectivity index (χ2v) is 6.56. The van der Waals surface area contributed by atoms with Crippen LogP contribution in [0.4, 0.5) is 0 Å². The summed E-state index contributed by atoms with van der Waals surface area (Å²) >= 11 is 0. The molecule has 1 atom stereocenters. The van der Waals surface area contributed by atoms with Gasteiger partial charge in [0.25, 0.3) is 5.91 Å². The molecule has 1 unspecified atom stereocenters. The third kappa shape index (κ3) is 3.12. The number of carbonyl (C=O) groups is 1.